The van der Waals surface area contributed by atoms with Gasteiger partial charge in [0, 0.05) is 23.4 Å². The lowest BCUT2D eigenvalue weighted by Gasteiger charge is -2.45. The molecule has 6 nitrogen and oxygen atoms in total. The fourth-order valence-electron chi connectivity index (χ4n) is 3.14. The van der Waals surface area contributed by atoms with Gasteiger partial charge in [-0.3, -0.25) is 4.79 Å². The number of thioether (sulfide) groups is 1. The molecule has 2 heterocycles. The zero-order valence-corrected chi connectivity index (χ0v) is 14.6. The van der Waals surface area contributed by atoms with Crippen LogP contribution in [-0.4, -0.2) is 45.0 Å². The van der Waals surface area contributed by atoms with Gasteiger partial charge in [-0.25, -0.2) is 0 Å². The van der Waals surface area contributed by atoms with Crippen molar-refractivity contribution in [1.29, 1.82) is 5.26 Å². The number of benzene rings is 1. The molecule has 1 fully saturated rings. The third kappa shape index (κ3) is 2.76. The minimum Gasteiger partial charge on any atom is -0.485 e. The summed E-state index contributed by atoms with van der Waals surface area (Å²) in [6.07, 6.45) is 1.00. The molecular weight excluding hydrogens is 326 g/mol. The molecule has 1 aromatic rings. The summed E-state index contributed by atoms with van der Waals surface area (Å²) < 4.78 is 5.95. The first-order chi connectivity index (χ1) is 11.3. The number of carbonyl (C=O) groups excluding carboxylic acids is 1. The average molecular weight is 345 g/mol. The summed E-state index contributed by atoms with van der Waals surface area (Å²) in [5.74, 6) is 1.40. The highest BCUT2D eigenvalue weighted by Crippen LogP contribution is 2.45. The van der Waals surface area contributed by atoms with Crippen LogP contribution >= 0.6 is 11.8 Å². The van der Waals surface area contributed by atoms with Crippen molar-refractivity contribution in [2.75, 3.05) is 12.3 Å². The largest absolute Gasteiger partial charge is 0.485 e. The van der Waals surface area contributed by atoms with Gasteiger partial charge in [-0.2, -0.15) is 5.26 Å². The number of nitrogens with zero attached hydrogens (tertiary/aromatic N) is 3. The summed E-state index contributed by atoms with van der Waals surface area (Å²) in [4.78, 5) is 17.6. The maximum absolute atomic E-state index is 11.7. The van der Waals surface area contributed by atoms with Crippen LogP contribution in [0.5, 0.6) is 5.75 Å². The van der Waals surface area contributed by atoms with Crippen molar-refractivity contribution >= 4 is 22.7 Å². The number of nitriles is 1. The van der Waals surface area contributed by atoms with Crippen LogP contribution in [0.4, 0.5) is 0 Å². The number of carbonyl (C=O) groups is 1. The topological polar surface area (TPSA) is 85.9 Å². The van der Waals surface area contributed by atoms with Crippen molar-refractivity contribution < 1.29 is 14.6 Å². The van der Waals surface area contributed by atoms with Gasteiger partial charge in [0.25, 0.3) is 0 Å². The van der Waals surface area contributed by atoms with Crippen molar-refractivity contribution in [3.8, 4) is 11.9 Å². The van der Waals surface area contributed by atoms with Gasteiger partial charge in [0.1, 0.15) is 17.5 Å². The van der Waals surface area contributed by atoms with E-state index in [1.165, 1.54) is 18.7 Å². The van der Waals surface area contributed by atoms with Gasteiger partial charge in [-0.05, 0) is 39.0 Å². The number of ketones is 1. The van der Waals surface area contributed by atoms with Crippen molar-refractivity contribution in [3.63, 3.8) is 0 Å². The van der Waals surface area contributed by atoms with Gasteiger partial charge in [-0.15, -0.1) is 4.99 Å². The maximum atomic E-state index is 11.7. The second kappa shape index (κ2) is 6.11. The molecule has 1 aromatic carbocycles. The number of hydrogen-bond acceptors (Lipinski definition) is 6. The first-order valence-electron chi connectivity index (χ1n) is 7.73. The Kier molecular flexibility index (Phi) is 4.28. The summed E-state index contributed by atoms with van der Waals surface area (Å²) in [5, 5.41) is 20.4. The monoisotopic (exact) mass is 345 g/mol. The molecule has 0 spiro atoms. The summed E-state index contributed by atoms with van der Waals surface area (Å²) in [6.45, 7) is 5.84. The lowest BCUT2D eigenvalue weighted by Crippen LogP contribution is -2.53. The van der Waals surface area contributed by atoms with E-state index in [1.807, 2.05) is 24.9 Å². The first kappa shape index (κ1) is 16.8. The number of aliphatic hydroxyl groups excluding tert-OH is 1. The van der Waals surface area contributed by atoms with E-state index in [9.17, 15) is 9.90 Å². The van der Waals surface area contributed by atoms with Gasteiger partial charge in [0.2, 0.25) is 6.19 Å². The number of amidine groups is 1. The number of fused-ring (bicyclic) bond motifs is 1. The Morgan fingerprint density at radius 3 is 2.96 bits per heavy atom. The molecule has 1 N–H and O–H groups in total. The molecular formula is C17H19N3O3S. The molecule has 2 atom stereocenters. The zero-order valence-electron chi connectivity index (χ0n) is 13.8. The molecule has 0 bridgehead atoms. The van der Waals surface area contributed by atoms with Crippen molar-refractivity contribution in [2.45, 2.75) is 38.5 Å². The summed E-state index contributed by atoms with van der Waals surface area (Å²) in [5.41, 5.74) is 0.531. The Morgan fingerprint density at radius 2 is 2.29 bits per heavy atom. The number of aliphatic imine (C=N–C) groups is 1. The van der Waals surface area contributed by atoms with Crippen LogP contribution in [0.1, 0.15) is 42.7 Å². The number of hydrogen-bond donors (Lipinski definition) is 1. The molecule has 3 rings (SSSR count). The quantitative estimate of drug-likeness (QED) is 0.654. The zero-order chi connectivity index (χ0) is 17.5. The van der Waals surface area contributed by atoms with Crippen LogP contribution in [0.15, 0.2) is 23.2 Å². The number of rotatable bonds is 2. The third-order valence-corrected chi connectivity index (χ3v) is 5.38. The van der Waals surface area contributed by atoms with Crippen molar-refractivity contribution in [3.05, 3.63) is 29.3 Å². The predicted molar refractivity (Wildman–Crippen MR) is 92.1 cm³/mol. The lowest BCUT2D eigenvalue weighted by atomic mass is 9.85. The SMILES string of the molecule is CC(=O)c1ccc2c(c1)C(N1CCSC1=NC#N)C(O)C(C)(C)O2. The van der Waals surface area contributed by atoms with Crippen LogP contribution in [0, 0.1) is 11.5 Å². The number of Topliss-reactive ketones (excluding diaryl/α,β-unsaturated/α-hetero) is 1. The minimum absolute atomic E-state index is 0.0439. The van der Waals surface area contributed by atoms with Gasteiger partial charge in [0.05, 0.1) is 6.04 Å². The van der Waals surface area contributed by atoms with Crippen molar-refractivity contribution in [2.24, 2.45) is 4.99 Å². The first-order valence-corrected chi connectivity index (χ1v) is 8.72. The van der Waals surface area contributed by atoms with E-state index < -0.39 is 17.7 Å². The number of ether oxygens (including phenoxy) is 1. The third-order valence-electron chi connectivity index (χ3n) is 4.41. The van der Waals surface area contributed by atoms with Crippen LogP contribution < -0.4 is 4.74 Å². The Balaban J connectivity index is 2.13. The highest BCUT2D eigenvalue weighted by molar-refractivity contribution is 8.14. The fourth-order valence-corrected chi connectivity index (χ4v) is 4.08. The van der Waals surface area contributed by atoms with Gasteiger partial charge < -0.3 is 14.7 Å². The molecule has 0 aromatic heterocycles. The standard InChI is InChI=1S/C17H19N3O3S/c1-10(21)11-4-5-13-12(8-11)14(15(22)17(2,3)23-13)20-6-7-24-16(20)19-9-18/h4-5,8,14-15,22H,6-7H2,1-3H3. The predicted octanol–water partition coefficient (Wildman–Crippen LogP) is 2.35. The van der Waals surface area contributed by atoms with Crippen LogP contribution in [0.25, 0.3) is 0 Å². The Morgan fingerprint density at radius 1 is 1.54 bits per heavy atom. The molecule has 0 saturated carbocycles. The van der Waals surface area contributed by atoms with Crippen LogP contribution in [-0.2, 0) is 0 Å². The molecule has 2 unspecified atom stereocenters. The fraction of sp³-hybridized carbons (Fsp3) is 0.471. The summed E-state index contributed by atoms with van der Waals surface area (Å²) >= 11 is 1.49. The number of aliphatic hydroxyl groups is 1. The average Bonchev–Trinajstić information content (AvgIpc) is 2.96. The molecule has 126 valence electrons. The summed E-state index contributed by atoms with van der Waals surface area (Å²) in [7, 11) is 0. The minimum atomic E-state index is -0.824. The summed E-state index contributed by atoms with van der Waals surface area (Å²) in [6, 6.07) is 4.87. The lowest BCUT2D eigenvalue weighted by molar-refractivity contribution is -0.0800. The molecule has 0 aliphatic carbocycles. The van der Waals surface area contributed by atoms with E-state index in [0.29, 0.717) is 23.0 Å². The molecule has 24 heavy (non-hydrogen) atoms. The van der Waals surface area contributed by atoms with E-state index in [2.05, 4.69) is 4.99 Å². The second-order valence-electron chi connectivity index (χ2n) is 6.44. The Bertz CT molecular complexity index is 754. The highest BCUT2D eigenvalue weighted by atomic mass is 32.2. The van der Waals surface area contributed by atoms with E-state index >= 15 is 0 Å². The molecule has 0 amide bonds. The van der Waals surface area contributed by atoms with Gasteiger partial charge in [-0.1, -0.05) is 11.8 Å². The molecule has 2 aliphatic heterocycles. The van der Waals surface area contributed by atoms with E-state index in [-0.39, 0.29) is 5.78 Å². The molecule has 7 heteroatoms. The maximum Gasteiger partial charge on any atom is 0.208 e. The second-order valence-corrected chi connectivity index (χ2v) is 7.50. The Hall–Kier alpha value is -2.04. The highest BCUT2D eigenvalue weighted by Gasteiger charge is 2.47. The van der Waals surface area contributed by atoms with E-state index in [0.717, 1.165) is 11.3 Å². The molecule has 1 saturated heterocycles. The van der Waals surface area contributed by atoms with Crippen LogP contribution in [0.2, 0.25) is 0 Å². The van der Waals surface area contributed by atoms with Gasteiger partial charge in [0.15, 0.2) is 11.0 Å². The normalized spacial score (nSPS) is 26.6. The smallest absolute Gasteiger partial charge is 0.208 e. The van der Waals surface area contributed by atoms with Crippen LogP contribution in [0.3, 0.4) is 0 Å². The molecule has 2 aliphatic rings. The van der Waals surface area contributed by atoms with E-state index in [1.54, 1.807) is 18.2 Å². The molecule has 0 radical (unpaired) electrons. The van der Waals surface area contributed by atoms with Crippen molar-refractivity contribution in [1.82, 2.24) is 4.90 Å². The van der Waals surface area contributed by atoms with Gasteiger partial charge >= 0.3 is 0 Å². The van der Waals surface area contributed by atoms with E-state index in [4.69, 9.17) is 10.00 Å². The Labute approximate surface area is 145 Å².